The number of pyridine rings is 2. The van der Waals surface area contributed by atoms with Crippen molar-refractivity contribution < 1.29 is 62.1 Å². The monoisotopic (exact) mass is 1050 g/mol. The highest BCUT2D eigenvalue weighted by molar-refractivity contribution is 7.71. The highest BCUT2D eigenvalue weighted by Crippen LogP contribution is 2.47. The first kappa shape index (κ1) is 53.5. The molecule has 4 aliphatic rings. The van der Waals surface area contributed by atoms with Crippen molar-refractivity contribution in [1.82, 2.24) is 46.4 Å². The molecule has 5 heterocycles. The standard InChI is InChI=1S/C52H56FN9O12S/c1-3-52(72)33-19-38-48-31(24-62(38)50(75)32(33)25-74-51(52)71)47-35(14-13-30-28(2)34(53)20-36(60-48)46(30)47)58-43(67)26-73-27-57-41(65)22-56-49(70)37(18-29-10-6-4-7-11-29)59-42(66)23-55-40(64)21-54-39(63)12-8-5-9-17-61-44(68)15-16-45(61)69/h4,6-7,10-11,15-16,19-20,35,37,72H,3,5,8-9,12-14,17-18,21-27H2,1-2H3,(H,54,63)(H,55,64)(H,56,70)(H,57,65)(H,58,67)(H,59,66)/t35-,37-,52-/m0/s1. The fourth-order valence-electron chi connectivity index (χ4n) is 9.76. The van der Waals surface area contributed by atoms with Crippen molar-refractivity contribution in [3.05, 3.63) is 104 Å². The fraction of sp³-hybridized carbons (Fsp3) is 0.404. The molecule has 8 rings (SSSR count). The van der Waals surface area contributed by atoms with E-state index >= 15 is 4.39 Å². The van der Waals surface area contributed by atoms with Crippen molar-refractivity contribution in [3.8, 4) is 11.4 Å². The average molecular weight is 1050 g/mol. The van der Waals surface area contributed by atoms with Gasteiger partial charge in [-0.15, -0.1) is 0 Å². The van der Waals surface area contributed by atoms with Gasteiger partial charge in [0.05, 0.1) is 49.1 Å². The van der Waals surface area contributed by atoms with Gasteiger partial charge in [0.25, 0.3) is 11.8 Å². The fourth-order valence-corrected chi connectivity index (χ4v) is 10.1. The topological polar surface area (TPSA) is 286 Å². The van der Waals surface area contributed by atoms with E-state index in [2.05, 4.69) is 31.9 Å². The van der Waals surface area contributed by atoms with Gasteiger partial charge in [-0.05, 0) is 67.3 Å². The number of hydrogen-bond donors (Lipinski definition) is 7. The van der Waals surface area contributed by atoms with Gasteiger partial charge >= 0.3 is 5.97 Å². The molecule has 23 heteroatoms. The van der Waals surface area contributed by atoms with Crippen molar-refractivity contribution >= 4 is 76.3 Å². The summed E-state index contributed by atoms with van der Waals surface area (Å²) in [4.78, 5) is 119. The smallest absolute Gasteiger partial charge is 0.343 e. The van der Waals surface area contributed by atoms with Crippen LogP contribution in [0.1, 0.15) is 90.4 Å². The lowest BCUT2D eigenvalue weighted by Crippen LogP contribution is -2.52. The minimum absolute atomic E-state index is 0.0423. The van der Waals surface area contributed by atoms with Gasteiger partial charge < -0.3 is 51.0 Å². The summed E-state index contributed by atoms with van der Waals surface area (Å²) in [6, 6.07) is 10.1. The molecule has 2 aromatic carbocycles. The lowest BCUT2D eigenvalue weighted by Gasteiger charge is -2.32. The number of imide groups is 1. The number of rotatable bonds is 22. The largest absolute Gasteiger partial charge is 0.458 e. The highest BCUT2D eigenvalue weighted by Gasteiger charge is 2.45. The number of aromatic nitrogens is 2. The van der Waals surface area contributed by atoms with Crippen LogP contribution in [0.5, 0.6) is 0 Å². The second-order valence-corrected chi connectivity index (χ2v) is 19.0. The molecule has 4 aromatic rings. The first-order valence-electron chi connectivity index (χ1n) is 24.6. The van der Waals surface area contributed by atoms with Crippen molar-refractivity contribution in [1.29, 1.82) is 0 Å². The molecule has 0 unspecified atom stereocenters. The summed E-state index contributed by atoms with van der Waals surface area (Å²) in [5.41, 5.74) is 3.76. The Morgan fingerprint density at radius 3 is 2.35 bits per heavy atom. The molecular formula is C52H56FN9O12S. The van der Waals surface area contributed by atoms with E-state index in [1.165, 1.54) is 18.2 Å². The van der Waals surface area contributed by atoms with E-state index in [-0.39, 0.29) is 50.8 Å². The van der Waals surface area contributed by atoms with Crippen molar-refractivity contribution in [2.75, 3.05) is 39.5 Å². The summed E-state index contributed by atoms with van der Waals surface area (Å²) in [6.07, 6.45) is 5.03. The second kappa shape index (κ2) is 23.2. The zero-order valence-corrected chi connectivity index (χ0v) is 42.0. The first-order chi connectivity index (χ1) is 36.0. The van der Waals surface area contributed by atoms with E-state index in [0.717, 1.165) is 27.0 Å². The molecule has 2 aromatic heterocycles. The quantitative estimate of drug-likeness (QED) is 0.0171. The van der Waals surface area contributed by atoms with E-state index in [0.29, 0.717) is 75.9 Å². The van der Waals surface area contributed by atoms with E-state index in [1.807, 2.05) is 4.57 Å². The molecule has 7 N–H and O–H groups in total. The number of aliphatic hydroxyl groups is 1. The lowest BCUT2D eigenvalue weighted by atomic mass is 9.81. The Kier molecular flexibility index (Phi) is 16.6. The first-order valence-corrected chi connectivity index (χ1v) is 25.0. The van der Waals surface area contributed by atoms with E-state index in [9.17, 15) is 48.3 Å². The van der Waals surface area contributed by atoms with Crippen LogP contribution in [-0.2, 0) is 84.2 Å². The summed E-state index contributed by atoms with van der Waals surface area (Å²) < 4.78 is 28.4. The normalized spacial score (nSPS) is 17.4. The third-order valence-electron chi connectivity index (χ3n) is 13.8. The minimum atomic E-state index is -1.92. The van der Waals surface area contributed by atoms with Gasteiger partial charge in [-0.2, -0.15) is 0 Å². The number of halogens is 1. The number of amides is 8. The Morgan fingerprint density at radius 2 is 1.60 bits per heavy atom. The number of nitrogens with one attached hydrogen (secondary N) is 6. The molecule has 0 spiro atoms. The maximum atomic E-state index is 15.4. The van der Waals surface area contributed by atoms with Crippen molar-refractivity contribution in [2.24, 2.45) is 0 Å². The molecule has 3 aliphatic heterocycles. The van der Waals surface area contributed by atoms with Crippen LogP contribution in [0.2, 0.25) is 0 Å². The number of carbonyl (C=O) groups excluding carboxylic acids is 9. The molecule has 21 nitrogen and oxygen atoms in total. The average Bonchev–Trinajstić information content (AvgIpc) is 3.98. The molecule has 394 valence electrons. The van der Waals surface area contributed by atoms with E-state index in [1.54, 1.807) is 50.2 Å². The lowest BCUT2D eigenvalue weighted by molar-refractivity contribution is -0.172. The molecule has 1 aliphatic carbocycles. The van der Waals surface area contributed by atoms with Crippen LogP contribution >= 0.6 is 12.2 Å². The highest BCUT2D eigenvalue weighted by atomic mass is 32.1. The van der Waals surface area contributed by atoms with Crippen LogP contribution in [0.3, 0.4) is 0 Å². The molecule has 3 atom stereocenters. The Balaban J connectivity index is 0.805. The second-order valence-electron chi connectivity index (χ2n) is 18.6. The van der Waals surface area contributed by atoms with Gasteiger partial charge in [0, 0.05) is 59.7 Å². The van der Waals surface area contributed by atoms with E-state index < -0.39 is 97.9 Å². The van der Waals surface area contributed by atoms with Crippen LogP contribution in [0.15, 0.2) is 54.6 Å². The molecular weight excluding hydrogens is 994 g/mol. The summed E-state index contributed by atoms with van der Waals surface area (Å²) in [6.45, 7) is 1.49. The van der Waals surface area contributed by atoms with Crippen molar-refractivity contribution in [3.63, 3.8) is 0 Å². The van der Waals surface area contributed by atoms with Gasteiger partial charge in [0.2, 0.25) is 35.4 Å². The number of aryl methyl sites for hydroxylation is 1. The summed E-state index contributed by atoms with van der Waals surface area (Å²) in [5.74, 6) is -5.57. The predicted molar refractivity (Wildman–Crippen MR) is 267 cm³/mol. The number of hydrogen-bond acceptors (Lipinski definition) is 14. The summed E-state index contributed by atoms with van der Waals surface area (Å²) >= 11 is 5.91. The number of cyclic esters (lactones) is 1. The predicted octanol–water partition coefficient (Wildman–Crippen LogP) is 1.65. The molecule has 0 saturated carbocycles. The molecule has 0 saturated heterocycles. The number of unbranched alkanes of at least 4 members (excludes halogenated alkanes) is 2. The summed E-state index contributed by atoms with van der Waals surface area (Å²) in [5, 5.41) is 27.6. The number of esters is 1. The number of benzene rings is 2. The number of nitrogens with zero attached hydrogens (tertiary/aromatic N) is 3. The Morgan fingerprint density at radius 1 is 0.893 bits per heavy atom. The molecule has 0 fully saturated rings. The molecule has 0 radical (unpaired) electrons. The van der Waals surface area contributed by atoms with Gasteiger partial charge in [-0.25, -0.2) is 14.2 Å². The van der Waals surface area contributed by atoms with Crippen LogP contribution in [0, 0.1) is 17.4 Å². The third kappa shape index (κ3) is 11.8. The van der Waals surface area contributed by atoms with E-state index in [4.69, 9.17) is 26.7 Å². The van der Waals surface area contributed by atoms with Gasteiger partial charge in [0.15, 0.2) is 5.60 Å². The SMILES string of the molecule is CC[C@@]1(O)C(=O)OCc2c1cc1n(c2=S)Cc2c-1nc1cc(F)c(C)c3c1c2[C@@H](NC(=O)COCNC(=O)CNC(=O)[C@H](Cc1ccccc1)NC(=O)CNC(=O)CNC(=O)CCCCCN1C(=O)C=CC1=O)CC3. The minimum Gasteiger partial charge on any atom is -0.458 e. The number of fused-ring (bicyclic) bond motifs is 5. The van der Waals surface area contributed by atoms with Crippen LogP contribution in [-0.4, -0.2) is 118 Å². The maximum Gasteiger partial charge on any atom is 0.343 e. The van der Waals surface area contributed by atoms with Crippen LogP contribution < -0.4 is 31.9 Å². The van der Waals surface area contributed by atoms with Gasteiger partial charge in [-0.3, -0.25) is 43.3 Å². The Hall–Kier alpha value is -7.76. The molecule has 8 amide bonds. The summed E-state index contributed by atoms with van der Waals surface area (Å²) in [7, 11) is 0. The van der Waals surface area contributed by atoms with Crippen molar-refractivity contribution in [2.45, 2.75) is 96.1 Å². The number of ether oxygens (including phenoxy) is 2. The third-order valence-corrected chi connectivity index (χ3v) is 14.2. The van der Waals surface area contributed by atoms with Gasteiger partial charge in [-0.1, -0.05) is 55.9 Å². The molecule has 0 bridgehead atoms. The maximum absolute atomic E-state index is 15.4. The Labute approximate surface area is 434 Å². The van der Waals surface area contributed by atoms with Crippen LogP contribution in [0.4, 0.5) is 4.39 Å². The molecule has 75 heavy (non-hydrogen) atoms. The Bertz CT molecular complexity index is 3090. The number of carbonyl (C=O) groups is 9. The van der Waals surface area contributed by atoms with Crippen LogP contribution in [0.25, 0.3) is 22.3 Å². The zero-order chi connectivity index (χ0) is 53.6. The van der Waals surface area contributed by atoms with Gasteiger partial charge in [0.1, 0.15) is 36.4 Å². The zero-order valence-electron chi connectivity index (χ0n) is 41.2.